The van der Waals surface area contributed by atoms with E-state index in [9.17, 15) is 14.6 Å². The van der Waals surface area contributed by atoms with Crippen molar-refractivity contribution in [1.29, 1.82) is 0 Å². The molecule has 1 amide bonds. The van der Waals surface area contributed by atoms with Crippen LogP contribution in [0.3, 0.4) is 0 Å². The van der Waals surface area contributed by atoms with Gasteiger partial charge in [0.05, 0.1) is 11.5 Å². The zero-order chi connectivity index (χ0) is 16.6. The molecule has 0 spiro atoms. The number of benzene rings is 1. The van der Waals surface area contributed by atoms with Crippen molar-refractivity contribution < 1.29 is 24.4 Å². The van der Waals surface area contributed by atoms with Gasteiger partial charge in [-0.2, -0.15) is 0 Å². The number of amides is 1. The molecular formula is C15H19BN2O5. The van der Waals surface area contributed by atoms with E-state index in [4.69, 9.17) is 15.5 Å². The molecule has 3 rings (SSSR count). The number of rotatable bonds is 4. The Bertz CT molecular complexity index is 632. The minimum atomic E-state index is -1.27. The van der Waals surface area contributed by atoms with Crippen LogP contribution in [0.4, 0.5) is 0 Å². The lowest BCUT2D eigenvalue weighted by atomic mass is 9.72. The zero-order valence-corrected chi connectivity index (χ0v) is 12.6. The number of nitrogens with one attached hydrogen (secondary N) is 1. The molecule has 1 aromatic rings. The summed E-state index contributed by atoms with van der Waals surface area (Å²) in [5, 5.41) is 22.0. The van der Waals surface area contributed by atoms with Crippen molar-refractivity contribution in [3.63, 3.8) is 0 Å². The molecule has 1 aliphatic carbocycles. The van der Waals surface area contributed by atoms with Crippen molar-refractivity contribution in [3.05, 3.63) is 29.3 Å². The number of nitrogens with two attached hydrogens (primary N) is 1. The highest BCUT2D eigenvalue weighted by molar-refractivity contribution is 6.47. The van der Waals surface area contributed by atoms with Crippen LogP contribution in [0.1, 0.15) is 35.2 Å². The number of aromatic carboxylic acids is 1. The SMILES string of the molecule is NC1CC(CC(=O)NC2Cc3cccc(C(=O)O)c3OB2O)C1. The Morgan fingerprint density at radius 1 is 1.39 bits per heavy atom. The van der Waals surface area contributed by atoms with E-state index in [0.29, 0.717) is 24.3 Å². The van der Waals surface area contributed by atoms with Crippen molar-refractivity contribution in [2.24, 2.45) is 11.7 Å². The van der Waals surface area contributed by atoms with E-state index >= 15 is 0 Å². The van der Waals surface area contributed by atoms with E-state index in [1.807, 2.05) is 0 Å². The third kappa shape index (κ3) is 3.33. The first-order chi connectivity index (χ1) is 10.9. The summed E-state index contributed by atoms with van der Waals surface area (Å²) in [7, 11) is -1.27. The second-order valence-corrected chi connectivity index (χ2v) is 6.29. The number of carboxylic acid groups (broad SMARTS) is 1. The summed E-state index contributed by atoms with van der Waals surface area (Å²) in [5.74, 6) is -1.38. The number of carbonyl (C=O) groups is 2. The molecule has 8 heteroatoms. The molecule has 1 aliphatic heterocycles. The van der Waals surface area contributed by atoms with Gasteiger partial charge in [-0.05, 0) is 36.8 Å². The molecule has 5 N–H and O–H groups in total. The number of carbonyl (C=O) groups excluding carboxylic acids is 1. The fourth-order valence-corrected chi connectivity index (χ4v) is 3.20. The van der Waals surface area contributed by atoms with Crippen LogP contribution < -0.4 is 15.7 Å². The van der Waals surface area contributed by atoms with Gasteiger partial charge in [0.25, 0.3) is 0 Å². The average molecular weight is 318 g/mol. The Balaban J connectivity index is 1.65. The van der Waals surface area contributed by atoms with Gasteiger partial charge in [-0.15, -0.1) is 0 Å². The fourth-order valence-electron chi connectivity index (χ4n) is 3.20. The Labute approximate surface area is 134 Å². The molecule has 1 saturated carbocycles. The Morgan fingerprint density at radius 3 is 2.78 bits per heavy atom. The van der Waals surface area contributed by atoms with Gasteiger partial charge in [0.15, 0.2) is 0 Å². The predicted molar refractivity (Wildman–Crippen MR) is 83.0 cm³/mol. The van der Waals surface area contributed by atoms with Crippen molar-refractivity contribution in [2.75, 3.05) is 0 Å². The summed E-state index contributed by atoms with van der Waals surface area (Å²) >= 11 is 0. The standard InChI is InChI=1S/C15H19BN2O5/c17-10-4-8(5-10)6-13(19)18-12-7-9-2-1-3-11(15(20)21)14(9)23-16(12)22/h1-3,8,10,12,22H,4-7,17H2,(H,18,19)(H,20,21). The summed E-state index contributed by atoms with van der Waals surface area (Å²) in [5.41, 5.74) is 6.37. The molecule has 0 bridgehead atoms. The molecule has 1 heterocycles. The first-order valence-corrected chi connectivity index (χ1v) is 7.69. The Morgan fingerprint density at radius 2 is 2.13 bits per heavy atom. The second-order valence-electron chi connectivity index (χ2n) is 6.29. The molecular weight excluding hydrogens is 299 g/mol. The van der Waals surface area contributed by atoms with Gasteiger partial charge in [0, 0.05) is 12.5 Å². The molecule has 1 atom stereocenters. The third-order valence-corrected chi connectivity index (χ3v) is 4.44. The lowest BCUT2D eigenvalue weighted by Gasteiger charge is -2.33. The van der Waals surface area contributed by atoms with Crippen LogP contribution in [0, 0.1) is 5.92 Å². The van der Waals surface area contributed by atoms with Gasteiger partial charge in [-0.25, -0.2) is 4.79 Å². The first-order valence-electron chi connectivity index (χ1n) is 7.69. The van der Waals surface area contributed by atoms with Crippen molar-refractivity contribution in [3.8, 4) is 5.75 Å². The summed E-state index contributed by atoms with van der Waals surface area (Å²) in [6, 6.07) is 4.97. The molecule has 0 aromatic heterocycles. The minimum absolute atomic E-state index is 0.00906. The van der Waals surface area contributed by atoms with Gasteiger partial charge in [-0.1, -0.05) is 12.1 Å². The maximum Gasteiger partial charge on any atom is 0.547 e. The number of fused-ring (bicyclic) bond motifs is 1. The van der Waals surface area contributed by atoms with Gasteiger partial charge >= 0.3 is 13.1 Å². The van der Waals surface area contributed by atoms with Crippen LogP contribution in [-0.4, -0.2) is 41.1 Å². The number of hydrogen-bond acceptors (Lipinski definition) is 5. The summed E-state index contributed by atoms with van der Waals surface area (Å²) in [6.07, 6.45) is 2.41. The van der Waals surface area contributed by atoms with Gasteiger partial charge in [0.1, 0.15) is 5.75 Å². The predicted octanol–water partition coefficient (Wildman–Crippen LogP) is -0.0484. The van der Waals surface area contributed by atoms with Crippen molar-refractivity contribution >= 4 is 19.0 Å². The van der Waals surface area contributed by atoms with Crippen LogP contribution in [0.25, 0.3) is 0 Å². The largest absolute Gasteiger partial charge is 0.547 e. The zero-order valence-electron chi connectivity index (χ0n) is 12.6. The molecule has 0 radical (unpaired) electrons. The maximum atomic E-state index is 12.0. The Hall–Kier alpha value is -2.06. The van der Waals surface area contributed by atoms with Gasteiger partial charge < -0.3 is 25.8 Å². The summed E-state index contributed by atoms with van der Waals surface area (Å²) < 4.78 is 5.34. The van der Waals surface area contributed by atoms with Crippen LogP contribution in [-0.2, 0) is 11.2 Å². The summed E-state index contributed by atoms with van der Waals surface area (Å²) in [6.45, 7) is 0. The molecule has 1 aromatic carbocycles. The van der Waals surface area contributed by atoms with E-state index in [-0.39, 0.29) is 23.3 Å². The minimum Gasteiger partial charge on any atom is -0.534 e. The third-order valence-electron chi connectivity index (χ3n) is 4.44. The molecule has 0 saturated heterocycles. The highest BCUT2D eigenvalue weighted by Crippen LogP contribution is 2.31. The van der Waals surface area contributed by atoms with E-state index in [1.165, 1.54) is 6.07 Å². The van der Waals surface area contributed by atoms with Crippen LogP contribution >= 0.6 is 0 Å². The molecule has 1 unspecified atom stereocenters. The van der Waals surface area contributed by atoms with Gasteiger partial charge in [-0.3, -0.25) is 4.79 Å². The second kappa shape index (κ2) is 6.21. The lowest BCUT2D eigenvalue weighted by molar-refractivity contribution is -0.123. The van der Waals surface area contributed by atoms with E-state index in [0.717, 1.165) is 12.8 Å². The highest BCUT2D eigenvalue weighted by atomic mass is 16.5. The fraction of sp³-hybridized carbons (Fsp3) is 0.467. The Kier molecular flexibility index (Phi) is 4.27. The normalized spacial score (nSPS) is 25.8. The number of hydrogen-bond donors (Lipinski definition) is 4. The number of para-hydroxylation sites is 1. The lowest BCUT2D eigenvalue weighted by Crippen LogP contribution is -2.53. The van der Waals surface area contributed by atoms with Crippen molar-refractivity contribution in [2.45, 2.75) is 37.7 Å². The number of carboxylic acids is 1. The van der Waals surface area contributed by atoms with Crippen molar-refractivity contribution in [1.82, 2.24) is 5.32 Å². The van der Waals surface area contributed by atoms with E-state index in [2.05, 4.69) is 5.32 Å². The van der Waals surface area contributed by atoms with E-state index < -0.39 is 19.0 Å². The first kappa shape index (κ1) is 15.8. The monoisotopic (exact) mass is 318 g/mol. The quantitative estimate of drug-likeness (QED) is 0.578. The van der Waals surface area contributed by atoms with Crippen LogP contribution in [0.15, 0.2) is 18.2 Å². The molecule has 122 valence electrons. The average Bonchev–Trinajstić information content (AvgIpc) is 2.45. The van der Waals surface area contributed by atoms with Crippen LogP contribution in [0.2, 0.25) is 0 Å². The van der Waals surface area contributed by atoms with Crippen LogP contribution in [0.5, 0.6) is 5.75 Å². The topological polar surface area (TPSA) is 122 Å². The molecule has 1 fully saturated rings. The van der Waals surface area contributed by atoms with E-state index in [1.54, 1.807) is 12.1 Å². The molecule has 7 nitrogen and oxygen atoms in total. The summed E-state index contributed by atoms with van der Waals surface area (Å²) in [4.78, 5) is 23.2. The molecule has 23 heavy (non-hydrogen) atoms. The maximum absolute atomic E-state index is 12.0. The highest BCUT2D eigenvalue weighted by Gasteiger charge is 2.38. The smallest absolute Gasteiger partial charge is 0.534 e. The van der Waals surface area contributed by atoms with Gasteiger partial charge in [0.2, 0.25) is 5.91 Å². The molecule has 2 aliphatic rings.